The van der Waals surface area contributed by atoms with Gasteiger partial charge >= 0.3 is 7.12 Å². The standard InChI is InChI=1S/C12H14BN3O2/c17-13(18)11-3-1-2-9(6-11)7-16-8-12(14-15-16)10-4-5-10/h1-3,6,8,10,17-18H,4-5,7H2. The van der Waals surface area contributed by atoms with Gasteiger partial charge in [-0.2, -0.15) is 0 Å². The van der Waals surface area contributed by atoms with Crippen LogP contribution in [-0.2, 0) is 6.54 Å². The number of hydrogen-bond donors (Lipinski definition) is 2. The van der Waals surface area contributed by atoms with Crippen LogP contribution in [0.3, 0.4) is 0 Å². The molecule has 1 saturated carbocycles. The molecule has 0 bridgehead atoms. The fourth-order valence-corrected chi connectivity index (χ4v) is 2.00. The van der Waals surface area contributed by atoms with Gasteiger partial charge in [0.15, 0.2) is 0 Å². The molecule has 1 aromatic carbocycles. The van der Waals surface area contributed by atoms with E-state index in [0.717, 1.165) is 11.3 Å². The Morgan fingerprint density at radius 3 is 2.89 bits per heavy atom. The smallest absolute Gasteiger partial charge is 0.423 e. The van der Waals surface area contributed by atoms with E-state index in [4.69, 9.17) is 10.0 Å². The highest BCUT2D eigenvalue weighted by molar-refractivity contribution is 6.58. The van der Waals surface area contributed by atoms with Gasteiger partial charge < -0.3 is 10.0 Å². The summed E-state index contributed by atoms with van der Waals surface area (Å²) in [6, 6.07) is 7.20. The second-order valence-electron chi connectivity index (χ2n) is 4.73. The number of rotatable bonds is 4. The van der Waals surface area contributed by atoms with Crippen molar-refractivity contribution in [2.24, 2.45) is 0 Å². The molecule has 6 heteroatoms. The Labute approximate surface area is 105 Å². The lowest BCUT2D eigenvalue weighted by Crippen LogP contribution is -2.30. The Balaban J connectivity index is 1.76. The van der Waals surface area contributed by atoms with Crippen molar-refractivity contribution in [3.63, 3.8) is 0 Å². The predicted molar refractivity (Wildman–Crippen MR) is 67.4 cm³/mol. The van der Waals surface area contributed by atoms with Gasteiger partial charge in [-0.3, -0.25) is 0 Å². The first kappa shape index (κ1) is 11.4. The van der Waals surface area contributed by atoms with Crippen LogP contribution in [0.25, 0.3) is 0 Å². The van der Waals surface area contributed by atoms with Crippen LogP contribution < -0.4 is 5.46 Å². The monoisotopic (exact) mass is 243 g/mol. The van der Waals surface area contributed by atoms with E-state index in [1.54, 1.807) is 16.8 Å². The van der Waals surface area contributed by atoms with Crippen LogP contribution >= 0.6 is 0 Å². The molecular formula is C12H14BN3O2. The summed E-state index contributed by atoms with van der Waals surface area (Å²) in [5, 5.41) is 26.5. The molecule has 1 fully saturated rings. The Hall–Kier alpha value is -1.66. The molecule has 1 heterocycles. The quantitative estimate of drug-likeness (QED) is 0.734. The van der Waals surface area contributed by atoms with Gasteiger partial charge in [-0.1, -0.05) is 29.5 Å². The van der Waals surface area contributed by atoms with Gasteiger partial charge in [-0.25, -0.2) is 4.68 Å². The predicted octanol–water partition coefficient (Wildman–Crippen LogP) is -0.116. The Morgan fingerprint density at radius 1 is 1.33 bits per heavy atom. The third-order valence-corrected chi connectivity index (χ3v) is 3.15. The third-order valence-electron chi connectivity index (χ3n) is 3.15. The highest BCUT2D eigenvalue weighted by Gasteiger charge is 2.26. The summed E-state index contributed by atoms with van der Waals surface area (Å²) in [5.41, 5.74) is 2.54. The molecule has 5 nitrogen and oxygen atoms in total. The average Bonchev–Trinajstić information content (AvgIpc) is 3.11. The number of nitrogens with zero attached hydrogens (tertiary/aromatic N) is 3. The molecule has 3 rings (SSSR count). The second kappa shape index (κ2) is 4.55. The van der Waals surface area contributed by atoms with Crippen LogP contribution in [0.5, 0.6) is 0 Å². The Morgan fingerprint density at radius 2 is 2.17 bits per heavy atom. The first-order valence-corrected chi connectivity index (χ1v) is 6.07. The maximum atomic E-state index is 9.12. The zero-order valence-corrected chi connectivity index (χ0v) is 9.90. The fraction of sp³-hybridized carbons (Fsp3) is 0.333. The summed E-state index contributed by atoms with van der Waals surface area (Å²) in [6.07, 6.45) is 4.40. The molecule has 2 N–H and O–H groups in total. The maximum Gasteiger partial charge on any atom is 0.488 e. The number of hydrogen-bond acceptors (Lipinski definition) is 4. The van der Waals surface area contributed by atoms with Crippen LogP contribution in [-0.4, -0.2) is 32.2 Å². The van der Waals surface area contributed by atoms with Crippen molar-refractivity contribution in [1.82, 2.24) is 15.0 Å². The number of aromatic nitrogens is 3. The van der Waals surface area contributed by atoms with Gasteiger partial charge in [-0.05, 0) is 23.9 Å². The normalized spacial score (nSPS) is 14.8. The van der Waals surface area contributed by atoms with Gasteiger partial charge in [0.25, 0.3) is 0 Å². The zero-order valence-electron chi connectivity index (χ0n) is 9.90. The van der Waals surface area contributed by atoms with Crippen molar-refractivity contribution in [2.45, 2.75) is 25.3 Å². The molecule has 0 radical (unpaired) electrons. The lowest BCUT2D eigenvalue weighted by molar-refractivity contribution is 0.425. The lowest BCUT2D eigenvalue weighted by Gasteiger charge is -2.04. The summed E-state index contributed by atoms with van der Waals surface area (Å²) in [6.45, 7) is 0.598. The van der Waals surface area contributed by atoms with Gasteiger partial charge in [0, 0.05) is 12.1 Å². The first-order valence-electron chi connectivity index (χ1n) is 6.07. The molecule has 0 saturated heterocycles. The maximum absolute atomic E-state index is 9.12. The van der Waals surface area contributed by atoms with Crippen molar-refractivity contribution >= 4 is 12.6 Å². The number of benzene rings is 1. The van der Waals surface area contributed by atoms with Crippen molar-refractivity contribution in [2.75, 3.05) is 0 Å². The van der Waals surface area contributed by atoms with Crippen LogP contribution in [0.15, 0.2) is 30.5 Å². The minimum absolute atomic E-state index is 0.495. The first-order chi connectivity index (χ1) is 8.72. The van der Waals surface area contributed by atoms with Crippen LogP contribution in [0.2, 0.25) is 0 Å². The topological polar surface area (TPSA) is 71.2 Å². The summed E-state index contributed by atoms with van der Waals surface area (Å²) in [7, 11) is -1.43. The summed E-state index contributed by atoms with van der Waals surface area (Å²) >= 11 is 0. The van der Waals surface area contributed by atoms with E-state index >= 15 is 0 Å². The van der Waals surface area contributed by atoms with Gasteiger partial charge in [-0.15, -0.1) is 5.10 Å². The molecule has 1 aromatic heterocycles. The van der Waals surface area contributed by atoms with E-state index in [-0.39, 0.29) is 0 Å². The molecule has 92 valence electrons. The van der Waals surface area contributed by atoms with E-state index in [9.17, 15) is 0 Å². The van der Waals surface area contributed by atoms with Crippen LogP contribution in [0.4, 0.5) is 0 Å². The Bertz CT molecular complexity index is 552. The SMILES string of the molecule is OB(O)c1cccc(Cn2cc(C3CC3)nn2)c1. The van der Waals surface area contributed by atoms with Crippen LogP contribution in [0, 0.1) is 0 Å². The van der Waals surface area contributed by atoms with E-state index in [0.29, 0.717) is 17.9 Å². The zero-order chi connectivity index (χ0) is 12.5. The molecule has 18 heavy (non-hydrogen) atoms. The van der Waals surface area contributed by atoms with Gasteiger partial charge in [0.05, 0.1) is 12.2 Å². The van der Waals surface area contributed by atoms with Gasteiger partial charge in [0.1, 0.15) is 0 Å². The van der Waals surface area contributed by atoms with E-state index < -0.39 is 7.12 Å². The minimum Gasteiger partial charge on any atom is -0.423 e. The highest BCUT2D eigenvalue weighted by atomic mass is 16.4. The molecule has 0 amide bonds. The molecular weight excluding hydrogens is 229 g/mol. The van der Waals surface area contributed by atoms with Crippen LogP contribution in [0.1, 0.15) is 30.0 Å². The lowest BCUT2D eigenvalue weighted by atomic mass is 9.80. The van der Waals surface area contributed by atoms with Crippen molar-refractivity contribution in [1.29, 1.82) is 0 Å². The van der Waals surface area contributed by atoms with Crippen molar-refractivity contribution in [3.05, 3.63) is 41.7 Å². The van der Waals surface area contributed by atoms with Crippen molar-refractivity contribution < 1.29 is 10.0 Å². The van der Waals surface area contributed by atoms with E-state index in [2.05, 4.69) is 10.3 Å². The van der Waals surface area contributed by atoms with E-state index in [1.807, 2.05) is 18.3 Å². The molecule has 1 aliphatic carbocycles. The summed E-state index contributed by atoms with van der Waals surface area (Å²) < 4.78 is 1.79. The van der Waals surface area contributed by atoms with Gasteiger partial charge in [0.2, 0.25) is 0 Å². The second-order valence-corrected chi connectivity index (χ2v) is 4.73. The Kier molecular flexibility index (Phi) is 2.89. The summed E-state index contributed by atoms with van der Waals surface area (Å²) in [5.74, 6) is 0.601. The molecule has 0 aliphatic heterocycles. The minimum atomic E-state index is -1.43. The molecule has 0 unspecified atom stereocenters. The fourth-order valence-electron chi connectivity index (χ4n) is 2.00. The van der Waals surface area contributed by atoms with E-state index in [1.165, 1.54) is 12.8 Å². The largest absolute Gasteiger partial charge is 0.488 e. The molecule has 0 atom stereocenters. The molecule has 0 spiro atoms. The molecule has 1 aliphatic rings. The average molecular weight is 243 g/mol. The summed E-state index contributed by atoms with van der Waals surface area (Å²) in [4.78, 5) is 0. The van der Waals surface area contributed by atoms with Crippen molar-refractivity contribution in [3.8, 4) is 0 Å². The third kappa shape index (κ3) is 2.44. The highest BCUT2D eigenvalue weighted by Crippen LogP contribution is 2.38. The molecule has 2 aromatic rings.